The van der Waals surface area contributed by atoms with Gasteiger partial charge in [0.1, 0.15) is 5.69 Å². The molecule has 1 aromatic heterocycles. The highest BCUT2D eigenvalue weighted by molar-refractivity contribution is 9.10. The zero-order chi connectivity index (χ0) is 13.0. The monoisotopic (exact) mass is 302 g/mol. The lowest BCUT2D eigenvalue weighted by molar-refractivity contribution is -0.137. The highest BCUT2D eigenvalue weighted by Gasteiger charge is 2.20. The predicted octanol–water partition coefficient (Wildman–Crippen LogP) is 2.10. The van der Waals surface area contributed by atoms with Crippen molar-refractivity contribution in [3.8, 4) is 0 Å². The first-order valence-electron chi connectivity index (χ1n) is 5.28. The Balaban J connectivity index is 2.77. The first-order valence-corrected chi connectivity index (χ1v) is 6.07. The lowest BCUT2D eigenvalue weighted by atomic mass is 10.2. The van der Waals surface area contributed by atoms with Crippen molar-refractivity contribution in [2.75, 3.05) is 6.54 Å². The summed E-state index contributed by atoms with van der Waals surface area (Å²) in [5.41, 5.74) is 0.455. The van der Waals surface area contributed by atoms with Crippen LogP contribution in [0.5, 0.6) is 0 Å². The molecule has 0 radical (unpaired) electrons. The number of hydrogen-bond donors (Lipinski definition) is 2. The molecule has 0 fully saturated rings. The number of aromatic amines is 1. The van der Waals surface area contributed by atoms with Crippen molar-refractivity contribution in [1.82, 2.24) is 9.88 Å². The topological polar surface area (TPSA) is 73.4 Å². The minimum Gasteiger partial charge on any atom is -0.481 e. The number of carbonyl (C=O) groups excluding carboxylic acids is 1. The van der Waals surface area contributed by atoms with Gasteiger partial charge in [-0.25, -0.2) is 0 Å². The Kier molecular flexibility index (Phi) is 4.74. The van der Waals surface area contributed by atoms with Gasteiger partial charge in [0.25, 0.3) is 5.91 Å². The number of nitrogens with one attached hydrogen (secondary N) is 1. The van der Waals surface area contributed by atoms with Crippen LogP contribution in [0.25, 0.3) is 0 Å². The fourth-order valence-corrected chi connectivity index (χ4v) is 1.80. The average molecular weight is 303 g/mol. The summed E-state index contributed by atoms with van der Waals surface area (Å²) in [6, 6.07) is 1.64. The molecule has 2 N–H and O–H groups in total. The number of amides is 1. The van der Waals surface area contributed by atoms with Crippen LogP contribution in [0, 0.1) is 0 Å². The van der Waals surface area contributed by atoms with E-state index in [0.29, 0.717) is 5.69 Å². The van der Waals surface area contributed by atoms with Gasteiger partial charge in [0.2, 0.25) is 0 Å². The van der Waals surface area contributed by atoms with Crippen LogP contribution >= 0.6 is 15.9 Å². The summed E-state index contributed by atoms with van der Waals surface area (Å²) < 4.78 is 0.794. The molecule has 17 heavy (non-hydrogen) atoms. The molecule has 0 aliphatic carbocycles. The molecule has 0 saturated carbocycles. The Bertz CT molecular complexity index is 415. The zero-order valence-corrected chi connectivity index (χ0v) is 11.3. The van der Waals surface area contributed by atoms with Crippen LogP contribution in [0.3, 0.4) is 0 Å². The highest BCUT2D eigenvalue weighted by Crippen LogP contribution is 2.14. The van der Waals surface area contributed by atoms with E-state index in [2.05, 4.69) is 20.9 Å². The summed E-state index contributed by atoms with van der Waals surface area (Å²) >= 11 is 3.25. The van der Waals surface area contributed by atoms with Crippen molar-refractivity contribution in [3.05, 3.63) is 22.4 Å². The molecule has 1 rings (SSSR count). The minimum atomic E-state index is -0.906. The number of carboxylic acids is 1. The highest BCUT2D eigenvalue weighted by atomic mass is 79.9. The SMILES string of the molecule is CC(C)N(CCC(=O)O)C(=O)c1cc(Br)c[nH]1. The Morgan fingerprint density at radius 2 is 2.18 bits per heavy atom. The van der Waals surface area contributed by atoms with Crippen molar-refractivity contribution >= 4 is 27.8 Å². The molecular weight excluding hydrogens is 288 g/mol. The number of aromatic nitrogens is 1. The summed E-state index contributed by atoms with van der Waals surface area (Å²) in [5.74, 6) is -1.09. The summed E-state index contributed by atoms with van der Waals surface area (Å²) in [6.45, 7) is 3.93. The van der Waals surface area contributed by atoms with Crippen molar-refractivity contribution in [2.24, 2.45) is 0 Å². The number of rotatable bonds is 5. The quantitative estimate of drug-likeness (QED) is 0.875. The van der Waals surface area contributed by atoms with E-state index in [0.717, 1.165) is 4.47 Å². The normalized spacial score (nSPS) is 10.6. The lowest BCUT2D eigenvalue weighted by Gasteiger charge is -2.25. The Labute approximate surface area is 108 Å². The smallest absolute Gasteiger partial charge is 0.305 e. The van der Waals surface area contributed by atoms with Crippen LogP contribution in [0.1, 0.15) is 30.8 Å². The van der Waals surface area contributed by atoms with Crippen LogP contribution in [-0.4, -0.2) is 39.5 Å². The van der Waals surface area contributed by atoms with Crippen molar-refractivity contribution in [3.63, 3.8) is 0 Å². The summed E-state index contributed by atoms with van der Waals surface area (Å²) in [5, 5.41) is 8.65. The molecule has 1 amide bonds. The maximum absolute atomic E-state index is 12.1. The van der Waals surface area contributed by atoms with E-state index in [1.165, 1.54) is 4.90 Å². The van der Waals surface area contributed by atoms with Crippen LogP contribution in [0.4, 0.5) is 0 Å². The van der Waals surface area contributed by atoms with E-state index in [1.807, 2.05) is 13.8 Å². The van der Waals surface area contributed by atoms with Gasteiger partial charge < -0.3 is 15.0 Å². The third-order valence-electron chi connectivity index (χ3n) is 2.33. The van der Waals surface area contributed by atoms with Gasteiger partial charge in [0, 0.05) is 23.3 Å². The third-order valence-corrected chi connectivity index (χ3v) is 2.79. The van der Waals surface area contributed by atoms with Crippen LogP contribution in [-0.2, 0) is 4.79 Å². The zero-order valence-electron chi connectivity index (χ0n) is 9.74. The number of nitrogens with zero attached hydrogens (tertiary/aromatic N) is 1. The van der Waals surface area contributed by atoms with Crippen LogP contribution in [0.2, 0.25) is 0 Å². The van der Waals surface area contributed by atoms with E-state index in [9.17, 15) is 9.59 Å². The van der Waals surface area contributed by atoms with Crippen LogP contribution < -0.4 is 0 Å². The first-order chi connectivity index (χ1) is 7.91. The Morgan fingerprint density at radius 1 is 1.53 bits per heavy atom. The fraction of sp³-hybridized carbons (Fsp3) is 0.455. The average Bonchev–Trinajstić information content (AvgIpc) is 2.63. The van der Waals surface area contributed by atoms with E-state index in [-0.39, 0.29) is 24.9 Å². The maximum atomic E-state index is 12.1. The second kappa shape index (κ2) is 5.86. The van der Waals surface area contributed by atoms with Gasteiger partial charge in [-0.05, 0) is 35.8 Å². The molecular formula is C11H15BrN2O3. The van der Waals surface area contributed by atoms with Gasteiger partial charge in [-0.2, -0.15) is 0 Å². The molecule has 1 aromatic rings. The van der Waals surface area contributed by atoms with Crippen molar-refractivity contribution < 1.29 is 14.7 Å². The van der Waals surface area contributed by atoms with Gasteiger partial charge in [0.05, 0.1) is 6.42 Å². The largest absolute Gasteiger partial charge is 0.481 e. The molecule has 0 aliphatic heterocycles. The second-order valence-electron chi connectivity index (χ2n) is 3.97. The van der Waals surface area contributed by atoms with Crippen molar-refractivity contribution in [1.29, 1.82) is 0 Å². The van der Waals surface area contributed by atoms with Crippen LogP contribution in [0.15, 0.2) is 16.7 Å². The van der Waals surface area contributed by atoms with Gasteiger partial charge in [-0.3, -0.25) is 9.59 Å². The Morgan fingerprint density at radius 3 is 2.59 bits per heavy atom. The van der Waals surface area contributed by atoms with Gasteiger partial charge >= 0.3 is 5.97 Å². The number of halogens is 1. The molecule has 0 saturated heterocycles. The van der Waals surface area contributed by atoms with E-state index >= 15 is 0 Å². The number of carbonyl (C=O) groups is 2. The van der Waals surface area contributed by atoms with E-state index < -0.39 is 5.97 Å². The molecule has 0 bridgehead atoms. The number of H-pyrrole nitrogens is 1. The molecule has 94 valence electrons. The lowest BCUT2D eigenvalue weighted by Crippen LogP contribution is -2.38. The summed E-state index contributed by atoms with van der Waals surface area (Å²) in [7, 11) is 0. The fourth-order valence-electron chi connectivity index (χ4n) is 1.46. The number of hydrogen-bond acceptors (Lipinski definition) is 2. The molecule has 0 unspecified atom stereocenters. The molecule has 6 heteroatoms. The standard InChI is InChI=1S/C11H15BrN2O3/c1-7(2)14(4-3-10(15)16)11(17)9-5-8(12)6-13-9/h5-7,13H,3-4H2,1-2H3,(H,15,16). The minimum absolute atomic E-state index is 0.0380. The third kappa shape index (κ3) is 3.89. The van der Waals surface area contributed by atoms with Crippen molar-refractivity contribution in [2.45, 2.75) is 26.3 Å². The maximum Gasteiger partial charge on any atom is 0.305 e. The Hall–Kier alpha value is -1.30. The first kappa shape index (κ1) is 13.8. The molecule has 0 aromatic carbocycles. The molecule has 0 atom stereocenters. The van der Waals surface area contributed by atoms with E-state index in [1.54, 1.807) is 12.3 Å². The number of carboxylic acid groups (broad SMARTS) is 1. The molecule has 5 nitrogen and oxygen atoms in total. The van der Waals surface area contributed by atoms with Gasteiger partial charge in [-0.15, -0.1) is 0 Å². The summed E-state index contributed by atoms with van der Waals surface area (Å²) in [6.07, 6.45) is 1.62. The second-order valence-corrected chi connectivity index (χ2v) is 4.88. The van der Waals surface area contributed by atoms with Gasteiger partial charge in [0.15, 0.2) is 0 Å². The molecule has 0 aliphatic rings. The molecule has 0 spiro atoms. The van der Waals surface area contributed by atoms with Gasteiger partial charge in [-0.1, -0.05) is 0 Å². The predicted molar refractivity (Wildman–Crippen MR) is 66.9 cm³/mol. The molecule has 1 heterocycles. The van der Waals surface area contributed by atoms with E-state index in [4.69, 9.17) is 5.11 Å². The summed E-state index contributed by atoms with van der Waals surface area (Å²) in [4.78, 5) is 27.0. The number of aliphatic carboxylic acids is 1.